The number of nitrogens with one attached hydrogen (secondary N) is 1. The molecule has 1 heterocycles. The van der Waals surface area contributed by atoms with Gasteiger partial charge in [0.2, 0.25) is 0 Å². The van der Waals surface area contributed by atoms with Gasteiger partial charge in [0.25, 0.3) is 17.7 Å². The van der Waals surface area contributed by atoms with Crippen LogP contribution in [0.4, 0.5) is 11.4 Å². The molecule has 0 unspecified atom stereocenters. The fraction of sp³-hybridized carbons (Fsp3) is 0.0455. The summed E-state index contributed by atoms with van der Waals surface area (Å²) in [6.07, 6.45) is 0. The number of para-hydroxylation sites is 1. The molecule has 132 valence electrons. The van der Waals surface area contributed by atoms with E-state index in [4.69, 9.17) is 0 Å². The molecule has 3 aromatic rings. The quantitative estimate of drug-likeness (QED) is 0.720. The van der Waals surface area contributed by atoms with Crippen molar-refractivity contribution < 1.29 is 14.4 Å². The second-order valence-electron chi connectivity index (χ2n) is 6.37. The van der Waals surface area contributed by atoms with Crippen LogP contribution in [-0.4, -0.2) is 17.7 Å². The molecule has 3 amide bonds. The Hall–Kier alpha value is -3.73. The Kier molecular flexibility index (Phi) is 4.05. The first kappa shape index (κ1) is 16.7. The normalized spacial score (nSPS) is 12.9. The number of carbonyl (C=O) groups is 3. The number of nitrogens with zero attached hydrogens (tertiary/aromatic N) is 1. The topological polar surface area (TPSA) is 66.5 Å². The maximum Gasteiger partial charge on any atom is 0.266 e. The molecule has 3 aromatic carbocycles. The Bertz CT molecular complexity index is 1070. The minimum atomic E-state index is -0.421. The lowest BCUT2D eigenvalue weighted by Gasteiger charge is -2.14. The summed E-state index contributed by atoms with van der Waals surface area (Å²) in [5, 5.41) is 2.78. The average Bonchev–Trinajstić information content (AvgIpc) is 2.92. The van der Waals surface area contributed by atoms with Crippen molar-refractivity contribution in [1.82, 2.24) is 0 Å². The number of fused-ring (bicyclic) bond motifs is 1. The van der Waals surface area contributed by atoms with Crippen LogP contribution in [-0.2, 0) is 0 Å². The molecule has 0 saturated heterocycles. The molecular weight excluding hydrogens is 340 g/mol. The fourth-order valence-electron chi connectivity index (χ4n) is 3.11. The van der Waals surface area contributed by atoms with Gasteiger partial charge in [-0.3, -0.25) is 14.4 Å². The van der Waals surface area contributed by atoms with Crippen LogP contribution in [0.15, 0.2) is 72.8 Å². The monoisotopic (exact) mass is 356 g/mol. The Morgan fingerprint density at radius 1 is 0.815 bits per heavy atom. The Morgan fingerprint density at radius 3 is 2.30 bits per heavy atom. The third kappa shape index (κ3) is 3.00. The number of carbonyl (C=O) groups excluding carboxylic acids is 3. The van der Waals surface area contributed by atoms with Gasteiger partial charge in [-0.2, -0.15) is 0 Å². The molecule has 5 heteroatoms. The van der Waals surface area contributed by atoms with Crippen molar-refractivity contribution in [3.8, 4) is 0 Å². The molecule has 0 bridgehead atoms. The minimum absolute atomic E-state index is 0.238. The van der Waals surface area contributed by atoms with Gasteiger partial charge in [0.15, 0.2) is 0 Å². The zero-order valence-electron chi connectivity index (χ0n) is 14.6. The van der Waals surface area contributed by atoms with E-state index in [9.17, 15) is 14.4 Å². The van der Waals surface area contributed by atoms with E-state index in [2.05, 4.69) is 5.32 Å². The number of anilines is 2. The van der Waals surface area contributed by atoms with Crippen molar-refractivity contribution in [2.24, 2.45) is 0 Å². The number of rotatable bonds is 3. The highest BCUT2D eigenvalue weighted by Gasteiger charge is 2.37. The van der Waals surface area contributed by atoms with Crippen molar-refractivity contribution in [3.05, 3.63) is 95.1 Å². The first-order chi connectivity index (χ1) is 13.0. The summed E-state index contributed by atoms with van der Waals surface area (Å²) in [5.41, 5.74) is 3.00. The van der Waals surface area contributed by atoms with Gasteiger partial charge >= 0.3 is 0 Å². The van der Waals surface area contributed by atoms with Gasteiger partial charge in [0, 0.05) is 11.3 Å². The van der Waals surface area contributed by atoms with Gasteiger partial charge in [-0.25, -0.2) is 4.90 Å². The Balaban J connectivity index is 1.65. The van der Waals surface area contributed by atoms with Crippen LogP contribution in [0.5, 0.6) is 0 Å². The summed E-state index contributed by atoms with van der Waals surface area (Å²) in [4.78, 5) is 39.1. The summed E-state index contributed by atoms with van der Waals surface area (Å²) < 4.78 is 0. The van der Waals surface area contributed by atoms with E-state index < -0.39 is 5.91 Å². The second-order valence-corrected chi connectivity index (χ2v) is 6.37. The SMILES string of the molecule is Cc1cccc(N2C(=O)c3ccc(C(=O)Nc4ccccc4)cc3C2=O)c1. The molecular formula is C22H16N2O3. The first-order valence-electron chi connectivity index (χ1n) is 8.50. The summed E-state index contributed by atoms with van der Waals surface area (Å²) in [5.74, 6) is -1.14. The molecule has 1 aliphatic heterocycles. The lowest BCUT2D eigenvalue weighted by atomic mass is 10.1. The van der Waals surface area contributed by atoms with Crippen LogP contribution in [0.2, 0.25) is 0 Å². The van der Waals surface area contributed by atoms with Gasteiger partial charge < -0.3 is 5.32 Å². The lowest BCUT2D eigenvalue weighted by Crippen LogP contribution is -2.29. The molecule has 27 heavy (non-hydrogen) atoms. The molecule has 4 rings (SSSR count). The summed E-state index contributed by atoms with van der Waals surface area (Å²) in [7, 11) is 0. The summed E-state index contributed by atoms with van der Waals surface area (Å²) in [6, 6.07) is 20.8. The van der Waals surface area contributed by atoms with Crippen molar-refractivity contribution >= 4 is 29.1 Å². The van der Waals surface area contributed by atoms with E-state index in [-0.39, 0.29) is 17.4 Å². The summed E-state index contributed by atoms with van der Waals surface area (Å²) >= 11 is 0. The van der Waals surface area contributed by atoms with Gasteiger partial charge in [-0.15, -0.1) is 0 Å². The van der Waals surface area contributed by atoms with Gasteiger partial charge in [-0.1, -0.05) is 30.3 Å². The third-order valence-corrected chi connectivity index (χ3v) is 4.44. The van der Waals surface area contributed by atoms with Crippen molar-refractivity contribution in [2.75, 3.05) is 10.2 Å². The molecule has 0 radical (unpaired) electrons. The first-order valence-corrected chi connectivity index (χ1v) is 8.50. The molecule has 1 N–H and O–H groups in total. The van der Waals surface area contributed by atoms with E-state index in [0.717, 1.165) is 10.5 Å². The second kappa shape index (κ2) is 6.53. The molecule has 0 saturated carbocycles. The number of imide groups is 1. The van der Waals surface area contributed by atoms with Crippen molar-refractivity contribution in [3.63, 3.8) is 0 Å². The van der Waals surface area contributed by atoms with Crippen LogP contribution < -0.4 is 10.2 Å². The third-order valence-electron chi connectivity index (χ3n) is 4.44. The predicted octanol–water partition coefficient (Wildman–Crippen LogP) is 4.05. The van der Waals surface area contributed by atoms with E-state index in [1.54, 1.807) is 36.4 Å². The molecule has 0 atom stereocenters. The largest absolute Gasteiger partial charge is 0.322 e. The van der Waals surface area contributed by atoms with Crippen LogP contribution in [0.3, 0.4) is 0 Å². The molecule has 0 aliphatic carbocycles. The zero-order valence-corrected chi connectivity index (χ0v) is 14.6. The van der Waals surface area contributed by atoms with E-state index in [1.165, 1.54) is 12.1 Å². The summed E-state index contributed by atoms with van der Waals surface area (Å²) in [6.45, 7) is 1.90. The number of amides is 3. The van der Waals surface area contributed by atoms with Crippen LogP contribution in [0.25, 0.3) is 0 Å². The molecule has 1 aliphatic rings. The van der Waals surface area contributed by atoms with Gasteiger partial charge in [-0.05, 0) is 55.0 Å². The Labute approximate surface area is 156 Å². The molecule has 0 fully saturated rings. The number of hydrogen-bond donors (Lipinski definition) is 1. The van der Waals surface area contributed by atoms with Crippen LogP contribution >= 0.6 is 0 Å². The predicted molar refractivity (Wildman–Crippen MR) is 103 cm³/mol. The smallest absolute Gasteiger partial charge is 0.266 e. The highest BCUT2D eigenvalue weighted by Crippen LogP contribution is 2.29. The van der Waals surface area contributed by atoms with Crippen molar-refractivity contribution in [1.29, 1.82) is 0 Å². The highest BCUT2D eigenvalue weighted by atomic mass is 16.2. The number of aryl methyl sites for hydroxylation is 1. The number of hydrogen-bond acceptors (Lipinski definition) is 3. The van der Waals surface area contributed by atoms with Gasteiger partial charge in [0.1, 0.15) is 0 Å². The van der Waals surface area contributed by atoms with Crippen LogP contribution in [0, 0.1) is 6.92 Å². The Morgan fingerprint density at radius 2 is 1.56 bits per heavy atom. The minimum Gasteiger partial charge on any atom is -0.322 e. The zero-order chi connectivity index (χ0) is 19.0. The molecule has 0 spiro atoms. The van der Waals surface area contributed by atoms with E-state index in [1.807, 2.05) is 31.2 Å². The van der Waals surface area contributed by atoms with E-state index >= 15 is 0 Å². The molecule has 0 aromatic heterocycles. The number of benzene rings is 3. The van der Waals surface area contributed by atoms with E-state index in [0.29, 0.717) is 22.5 Å². The average molecular weight is 356 g/mol. The van der Waals surface area contributed by atoms with Crippen molar-refractivity contribution in [2.45, 2.75) is 6.92 Å². The fourth-order valence-corrected chi connectivity index (χ4v) is 3.11. The maximum atomic E-state index is 12.8. The standard InChI is InChI=1S/C22H16N2O3/c1-14-6-5-9-17(12-14)24-21(26)18-11-10-15(13-19(18)22(24)27)20(25)23-16-7-3-2-4-8-16/h2-13H,1H3,(H,23,25). The highest BCUT2D eigenvalue weighted by molar-refractivity contribution is 6.34. The van der Waals surface area contributed by atoms with Gasteiger partial charge in [0.05, 0.1) is 16.8 Å². The maximum absolute atomic E-state index is 12.8. The van der Waals surface area contributed by atoms with Crippen LogP contribution in [0.1, 0.15) is 36.6 Å². The molecule has 5 nitrogen and oxygen atoms in total. The lowest BCUT2D eigenvalue weighted by molar-refractivity contribution is 0.0925.